The molecule has 0 saturated carbocycles. The Bertz CT molecular complexity index is 133. The number of rotatable bonds is 0. The van der Waals surface area contributed by atoms with Gasteiger partial charge in [0, 0.05) is 12.1 Å². The van der Waals surface area contributed by atoms with Gasteiger partial charge in [0.2, 0.25) is 0 Å². The van der Waals surface area contributed by atoms with Gasteiger partial charge < -0.3 is 11.4 Å². The maximum absolute atomic E-state index is 9.38. The molecule has 11 heavy (non-hydrogen) atoms. The van der Waals surface area contributed by atoms with Crippen LogP contribution in [0.2, 0.25) is 0 Å². The van der Waals surface area contributed by atoms with Crippen molar-refractivity contribution in [3.05, 3.63) is 0 Å². The second-order valence-electron chi connectivity index (χ2n) is 3.68. The summed E-state index contributed by atoms with van der Waals surface area (Å²) >= 11 is 0. The number of aliphatic hydroxyl groups excluding tert-OH is 1. The number of fused-ring (bicyclic) bond motifs is 2. The first-order chi connectivity index (χ1) is 4.77. The third-order valence-electron chi connectivity index (χ3n) is 3.07. The minimum absolute atomic E-state index is 0. The molecule has 0 aliphatic carbocycles. The summed E-state index contributed by atoms with van der Waals surface area (Å²) in [6.07, 6.45) is 4.62. The average Bonchev–Trinajstić information content (AvgIpc) is 2.20. The van der Waals surface area contributed by atoms with Crippen LogP contribution in [-0.4, -0.2) is 35.2 Å². The Kier molecular flexibility index (Phi) is 3.41. The summed E-state index contributed by atoms with van der Waals surface area (Å²) in [6.45, 7) is 0. The summed E-state index contributed by atoms with van der Waals surface area (Å²) in [5.74, 6) is 0. The van der Waals surface area contributed by atoms with Gasteiger partial charge in [0.05, 0.1) is 6.10 Å². The van der Waals surface area contributed by atoms with E-state index >= 15 is 0 Å². The van der Waals surface area contributed by atoms with Gasteiger partial charge in [-0.2, -0.15) is 0 Å². The van der Waals surface area contributed by atoms with Gasteiger partial charge in [-0.1, -0.05) is 0 Å². The molecule has 2 saturated heterocycles. The van der Waals surface area contributed by atoms with Gasteiger partial charge in [0.1, 0.15) is 0 Å². The van der Waals surface area contributed by atoms with E-state index in [0.717, 1.165) is 12.8 Å². The van der Waals surface area contributed by atoms with Crippen molar-refractivity contribution < 1.29 is 36.1 Å². The average molecular weight is 165 g/mol. The molecule has 0 amide bonds. The number of aliphatic hydroxyl groups is 1. The number of piperidine rings is 1. The van der Waals surface area contributed by atoms with Gasteiger partial charge in [0.25, 0.3) is 0 Å². The normalized spacial score (nSPS) is 43.6. The summed E-state index contributed by atoms with van der Waals surface area (Å²) in [7, 11) is 2.19. The molecule has 2 bridgehead atoms. The van der Waals surface area contributed by atoms with Crippen molar-refractivity contribution in [2.75, 3.05) is 7.05 Å². The van der Waals surface area contributed by atoms with Crippen LogP contribution in [0.4, 0.5) is 0 Å². The number of hydrogen-bond acceptors (Lipinski definition) is 2. The van der Waals surface area contributed by atoms with Gasteiger partial charge in [0.15, 0.2) is 0 Å². The van der Waals surface area contributed by atoms with E-state index in [0.29, 0.717) is 12.1 Å². The number of nitrogens with zero attached hydrogens (tertiary/aromatic N) is 1. The Labute approximate surface area is 91.7 Å². The van der Waals surface area contributed by atoms with Crippen LogP contribution in [0.5, 0.6) is 0 Å². The summed E-state index contributed by atoms with van der Waals surface area (Å²) in [5.41, 5.74) is 0. The van der Waals surface area contributed by atoms with Crippen LogP contribution < -0.4 is 29.6 Å². The quantitative estimate of drug-likeness (QED) is 0.409. The first kappa shape index (κ1) is 10.0. The molecule has 0 aromatic rings. The Morgan fingerprint density at radius 1 is 1.27 bits per heavy atom. The molecule has 3 heteroatoms. The van der Waals surface area contributed by atoms with E-state index in [1.165, 1.54) is 12.8 Å². The summed E-state index contributed by atoms with van der Waals surface area (Å²) in [5, 5.41) is 9.38. The van der Waals surface area contributed by atoms with Crippen molar-refractivity contribution in [2.45, 2.75) is 43.9 Å². The van der Waals surface area contributed by atoms with Gasteiger partial charge in [-0.05, 0) is 32.7 Å². The van der Waals surface area contributed by atoms with Crippen molar-refractivity contribution in [1.29, 1.82) is 0 Å². The van der Waals surface area contributed by atoms with Crippen molar-refractivity contribution >= 4 is 0 Å². The van der Waals surface area contributed by atoms with Crippen molar-refractivity contribution in [2.24, 2.45) is 0 Å². The van der Waals surface area contributed by atoms with Crippen LogP contribution in [0.1, 0.15) is 27.1 Å². The van der Waals surface area contributed by atoms with Crippen LogP contribution in [0, 0.1) is 0 Å². The predicted octanol–water partition coefficient (Wildman–Crippen LogP) is -2.28. The SMILES string of the molecule is CN1C2CCC1CC(O)C2.[H-].[Na+]. The van der Waals surface area contributed by atoms with Crippen LogP contribution in [0.3, 0.4) is 0 Å². The molecule has 2 rings (SSSR count). The fraction of sp³-hybridized carbons (Fsp3) is 1.00. The monoisotopic (exact) mass is 165 g/mol. The predicted molar refractivity (Wildman–Crippen MR) is 40.9 cm³/mol. The summed E-state index contributed by atoms with van der Waals surface area (Å²) < 4.78 is 0. The molecule has 2 nitrogen and oxygen atoms in total. The van der Waals surface area contributed by atoms with Crippen LogP contribution in [-0.2, 0) is 0 Å². The third-order valence-corrected chi connectivity index (χ3v) is 3.07. The Hall–Kier alpha value is 0.920. The minimum atomic E-state index is -0.00583. The zero-order chi connectivity index (χ0) is 7.14. The Morgan fingerprint density at radius 2 is 1.73 bits per heavy atom. The second kappa shape index (κ2) is 3.75. The molecular formula is C8H16NNaO. The standard InChI is InChI=1S/C8H15NO.Na.H/c1-9-6-2-3-7(9)5-8(10)4-6;;/h6-8,10H,2-5H2,1H3;;/q;+1;-1. The molecule has 2 unspecified atom stereocenters. The fourth-order valence-corrected chi connectivity index (χ4v) is 2.38. The van der Waals surface area contributed by atoms with Crippen LogP contribution >= 0.6 is 0 Å². The van der Waals surface area contributed by atoms with Crippen LogP contribution in [0.15, 0.2) is 0 Å². The van der Waals surface area contributed by atoms with E-state index in [9.17, 15) is 5.11 Å². The van der Waals surface area contributed by atoms with E-state index in [1.807, 2.05) is 0 Å². The van der Waals surface area contributed by atoms with Crippen molar-refractivity contribution in [3.8, 4) is 0 Å². The molecule has 2 atom stereocenters. The fourth-order valence-electron chi connectivity index (χ4n) is 2.38. The van der Waals surface area contributed by atoms with Gasteiger partial charge in [-0.25, -0.2) is 0 Å². The van der Waals surface area contributed by atoms with E-state index in [-0.39, 0.29) is 37.1 Å². The molecule has 60 valence electrons. The molecule has 1 N–H and O–H groups in total. The molecule has 0 radical (unpaired) electrons. The topological polar surface area (TPSA) is 23.5 Å². The minimum Gasteiger partial charge on any atom is -1.00 e. The van der Waals surface area contributed by atoms with Crippen molar-refractivity contribution in [1.82, 2.24) is 4.90 Å². The maximum atomic E-state index is 9.38. The van der Waals surface area contributed by atoms with Gasteiger partial charge in [-0.3, -0.25) is 0 Å². The summed E-state index contributed by atoms with van der Waals surface area (Å²) in [4.78, 5) is 2.44. The molecule has 2 aliphatic heterocycles. The van der Waals surface area contributed by atoms with Crippen molar-refractivity contribution in [3.63, 3.8) is 0 Å². The molecule has 2 aliphatic rings. The molecule has 2 heterocycles. The number of hydrogen-bond donors (Lipinski definition) is 1. The van der Waals surface area contributed by atoms with E-state index < -0.39 is 0 Å². The first-order valence-electron chi connectivity index (χ1n) is 4.17. The zero-order valence-electron chi connectivity index (χ0n) is 8.45. The maximum Gasteiger partial charge on any atom is 1.00 e. The molecule has 0 aromatic carbocycles. The first-order valence-corrected chi connectivity index (χ1v) is 4.17. The van der Waals surface area contributed by atoms with Gasteiger partial charge in [-0.15, -0.1) is 0 Å². The Balaban J connectivity index is 0.000000605. The zero-order valence-corrected chi connectivity index (χ0v) is 9.45. The van der Waals surface area contributed by atoms with E-state index in [4.69, 9.17) is 0 Å². The third kappa shape index (κ3) is 1.81. The van der Waals surface area contributed by atoms with E-state index in [2.05, 4.69) is 11.9 Å². The largest absolute Gasteiger partial charge is 1.00 e. The van der Waals surface area contributed by atoms with Gasteiger partial charge >= 0.3 is 29.6 Å². The smallest absolute Gasteiger partial charge is 1.00 e. The van der Waals surface area contributed by atoms with Crippen LogP contribution in [0.25, 0.3) is 0 Å². The molecule has 0 spiro atoms. The van der Waals surface area contributed by atoms with E-state index in [1.54, 1.807) is 0 Å². The second-order valence-corrected chi connectivity index (χ2v) is 3.68. The molecule has 2 fully saturated rings. The molecular weight excluding hydrogens is 149 g/mol. The Morgan fingerprint density at radius 3 is 2.18 bits per heavy atom. The molecule has 0 aromatic heterocycles. The summed E-state index contributed by atoms with van der Waals surface area (Å²) in [6, 6.07) is 1.38.